The predicted molar refractivity (Wildman–Crippen MR) is 150 cm³/mol. The normalized spacial score (nSPS) is 12.0. The summed E-state index contributed by atoms with van der Waals surface area (Å²) in [6.45, 7) is 5.16. The van der Waals surface area contributed by atoms with E-state index in [2.05, 4.69) is 16.1 Å². The van der Waals surface area contributed by atoms with Crippen molar-refractivity contribution in [3.63, 3.8) is 0 Å². The summed E-state index contributed by atoms with van der Waals surface area (Å²) < 4.78 is 70.0. The van der Waals surface area contributed by atoms with Crippen LogP contribution in [0.25, 0.3) is 11.1 Å². The summed E-state index contributed by atoms with van der Waals surface area (Å²) in [7, 11) is -5.91. The maximum atomic E-state index is 12.7. The molecule has 0 aliphatic heterocycles. The van der Waals surface area contributed by atoms with Crippen LogP contribution >= 0.6 is 0 Å². The first-order chi connectivity index (χ1) is 19.4. The molecule has 0 spiro atoms. The number of allylic oxidation sites excluding steroid dienone is 2. The number of benzene rings is 3. The SMILES string of the molecule is C=C(/C=C\C(=C/C)C(=O)OC)OS(=O)(=O)c1ccc(-c2ccc(S(=O)(=O)Oc3ccc(C(=O)OC)cc3)cc2)cc1. The molecule has 0 radical (unpaired) electrons. The molecule has 0 saturated carbocycles. The van der Waals surface area contributed by atoms with Crippen LogP contribution in [0, 0.1) is 0 Å². The van der Waals surface area contributed by atoms with Gasteiger partial charge in [0.25, 0.3) is 0 Å². The van der Waals surface area contributed by atoms with Gasteiger partial charge in [0.1, 0.15) is 21.3 Å². The van der Waals surface area contributed by atoms with Gasteiger partial charge in [0.05, 0.1) is 25.4 Å². The number of carbonyl (C=O) groups excluding carboxylic acids is 2. The van der Waals surface area contributed by atoms with Crippen molar-refractivity contribution in [3.05, 3.63) is 114 Å². The minimum atomic E-state index is -4.21. The maximum Gasteiger partial charge on any atom is 0.339 e. The second kappa shape index (κ2) is 13.1. The molecule has 3 rings (SSSR count). The van der Waals surface area contributed by atoms with E-state index in [-0.39, 0.29) is 32.4 Å². The maximum absolute atomic E-state index is 12.7. The fraction of sp³-hybridized carbons (Fsp3) is 0.103. The zero-order valence-corrected chi connectivity index (χ0v) is 23.9. The Morgan fingerprint density at radius 3 is 1.68 bits per heavy atom. The van der Waals surface area contributed by atoms with E-state index in [1.807, 2.05) is 0 Å². The van der Waals surface area contributed by atoms with Gasteiger partial charge in [0.15, 0.2) is 0 Å². The minimum absolute atomic E-state index is 0.0182. The van der Waals surface area contributed by atoms with Gasteiger partial charge in [-0.3, -0.25) is 0 Å². The summed E-state index contributed by atoms with van der Waals surface area (Å²) >= 11 is 0. The quantitative estimate of drug-likeness (QED) is 0.0994. The topological polar surface area (TPSA) is 139 Å². The Labute approximate surface area is 238 Å². The van der Waals surface area contributed by atoms with Crippen LogP contribution in [0.3, 0.4) is 0 Å². The third-order valence-electron chi connectivity index (χ3n) is 5.50. The van der Waals surface area contributed by atoms with Crippen molar-refractivity contribution in [2.75, 3.05) is 14.2 Å². The van der Waals surface area contributed by atoms with Gasteiger partial charge in [-0.25, -0.2) is 9.59 Å². The Kier molecular flexibility index (Phi) is 9.87. The summed E-state index contributed by atoms with van der Waals surface area (Å²) in [5.41, 5.74) is 1.66. The summed E-state index contributed by atoms with van der Waals surface area (Å²) in [6, 6.07) is 17.0. The van der Waals surface area contributed by atoms with E-state index in [9.17, 15) is 26.4 Å². The molecule has 0 saturated heterocycles. The van der Waals surface area contributed by atoms with Crippen LogP contribution in [0.15, 0.2) is 119 Å². The molecular weight excluding hydrogens is 572 g/mol. The third kappa shape index (κ3) is 7.93. The van der Waals surface area contributed by atoms with E-state index in [1.54, 1.807) is 19.1 Å². The smallest absolute Gasteiger partial charge is 0.339 e. The molecule has 10 nitrogen and oxygen atoms in total. The standard InChI is InChI=1S/C29H26O10S2/c1-5-21(28(30)36-3)7-6-20(2)38-40(32,33)26-16-10-22(11-17-26)23-12-18-27(19-13-23)41(34,35)39-25-14-8-24(9-15-25)29(31)37-4/h5-19H,2H2,1,3-4H3/b7-6-,21-5+. The van der Waals surface area contributed by atoms with Crippen LogP contribution in [0.5, 0.6) is 5.75 Å². The molecule has 0 heterocycles. The van der Waals surface area contributed by atoms with Crippen LogP contribution in [0.4, 0.5) is 0 Å². The highest BCUT2D eigenvalue weighted by molar-refractivity contribution is 7.87. The first kappa shape index (κ1) is 30.9. The van der Waals surface area contributed by atoms with Crippen molar-refractivity contribution in [2.24, 2.45) is 0 Å². The molecule has 41 heavy (non-hydrogen) atoms. The third-order valence-corrected chi connectivity index (χ3v) is 8.04. The lowest BCUT2D eigenvalue weighted by Gasteiger charge is -2.10. The zero-order valence-electron chi connectivity index (χ0n) is 22.3. The Balaban J connectivity index is 1.69. The van der Waals surface area contributed by atoms with E-state index in [0.29, 0.717) is 11.1 Å². The van der Waals surface area contributed by atoms with Gasteiger partial charge < -0.3 is 17.8 Å². The van der Waals surface area contributed by atoms with Gasteiger partial charge in [-0.05, 0) is 78.7 Å². The molecular formula is C29H26O10S2. The average molecular weight is 599 g/mol. The van der Waals surface area contributed by atoms with Crippen LogP contribution in [-0.4, -0.2) is 43.0 Å². The Bertz CT molecular complexity index is 1700. The van der Waals surface area contributed by atoms with Crippen molar-refractivity contribution in [1.82, 2.24) is 0 Å². The number of hydrogen-bond acceptors (Lipinski definition) is 10. The molecule has 0 unspecified atom stereocenters. The van der Waals surface area contributed by atoms with E-state index in [4.69, 9.17) is 8.37 Å². The fourth-order valence-electron chi connectivity index (χ4n) is 3.37. The summed E-state index contributed by atoms with van der Waals surface area (Å²) in [4.78, 5) is 22.9. The van der Waals surface area contributed by atoms with Crippen molar-refractivity contribution in [2.45, 2.75) is 16.7 Å². The molecule has 214 valence electrons. The first-order valence-electron chi connectivity index (χ1n) is 11.8. The number of rotatable bonds is 11. The van der Waals surface area contributed by atoms with E-state index in [0.717, 1.165) is 0 Å². The largest absolute Gasteiger partial charge is 0.465 e. The van der Waals surface area contributed by atoms with Crippen LogP contribution < -0.4 is 4.18 Å². The number of methoxy groups -OCH3 is 2. The van der Waals surface area contributed by atoms with Gasteiger partial charge in [0, 0.05) is 0 Å². The van der Waals surface area contributed by atoms with Crippen molar-refractivity contribution >= 4 is 32.2 Å². The van der Waals surface area contributed by atoms with E-state index < -0.39 is 32.2 Å². The summed E-state index contributed by atoms with van der Waals surface area (Å²) in [6.07, 6.45) is 4.04. The molecule has 0 N–H and O–H groups in total. The lowest BCUT2D eigenvalue weighted by molar-refractivity contribution is -0.135. The molecule has 3 aromatic rings. The highest BCUT2D eigenvalue weighted by Crippen LogP contribution is 2.26. The minimum Gasteiger partial charge on any atom is -0.465 e. The van der Waals surface area contributed by atoms with Gasteiger partial charge >= 0.3 is 32.2 Å². The predicted octanol–water partition coefficient (Wildman–Crippen LogP) is 4.80. The molecule has 0 amide bonds. The molecule has 12 heteroatoms. The second-order valence-corrected chi connectivity index (χ2v) is 11.3. The Morgan fingerprint density at radius 1 is 0.707 bits per heavy atom. The lowest BCUT2D eigenvalue weighted by Crippen LogP contribution is -2.10. The molecule has 0 bridgehead atoms. The van der Waals surface area contributed by atoms with Crippen LogP contribution in [0.1, 0.15) is 17.3 Å². The molecule has 0 atom stereocenters. The number of esters is 2. The van der Waals surface area contributed by atoms with E-state index in [1.165, 1.54) is 93.1 Å². The first-order valence-corrected chi connectivity index (χ1v) is 14.6. The molecule has 0 fully saturated rings. The second-order valence-electron chi connectivity index (χ2n) is 8.17. The van der Waals surface area contributed by atoms with Gasteiger partial charge in [0.2, 0.25) is 0 Å². The molecule has 0 aliphatic carbocycles. The van der Waals surface area contributed by atoms with Crippen molar-refractivity contribution in [1.29, 1.82) is 0 Å². The van der Waals surface area contributed by atoms with Crippen LogP contribution in [-0.2, 0) is 38.7 Å². The average Bonchev–Trinajstić information content (AvgIpc) is 2.97. The fourth-order valence-corrected chi connectivity index (χ4v) is 5.20. The summed E-state index contributed by atoms with van der Waals surface area (Å²) in [5, 5.41) is 0. The number of carbonyl (C=O) groups is 2. The van der Waals surface area contributed by atoms with E-state index >= 15 is 0 Å². The monoisotopic (exact) mass is 598 g/mol. The van der Waals surface area contributed by atoms with Gasteiger partial charge in [-0.15, -0.1) is 0 Å². The van der Waals surface area contributed by atoms with Gasteiger partial charge in [-0.2, -0.15) is 16.8 Å². The summed E-state index contributed by atoms with van der Waals surface area (Å²) in [5.74, 6) is -1.35. The van der Waals surface area contributed by atoms with Crippen LogP contribution in [0.2, 0.25) is 0 Å². The Morgan fingerprint density at radius 2 is 1.22 bits per heavy atom. The Hall–Kier alpha value is -4.68. The highest BCUT2D eigenvalue weighted by atomic mass is 32.2. The van der Waals surface area contributed by atoms with Gasteiger partial charge in [-0.1, -0.05) is 36.9 Å². The zero-order chi connectivity index (χ0) is 30.2. The molecule has 0 aromatic heterocycles. The van der Waals surface area contributed by atoms with Crippen molar-refractivity contribution in [3.8, 4) is 16.9 Å². The molecule has 0 aliphatic rings. The number of ether oxygens (including phenoxy) is 2. The van der Waals surface area contributed by atoms with Crippen molar-refractivity contribution < 1.29 is 44.3 Å². The lowest BCUT2D eigenvalue weighted by atomic mass is 10.1. The number of hydrogen-bond donors (Lipinski definition) is 0. The highest BCUT2D eigenvalue weighted by Gasteiger charge is 2.19. The molecule has 3 aromatic carbocycles.